The van der Waals surface area contributed by atoms with Crippen LogP contribution in [0.1, 0.15) is 0 Å². The van der Waals surface area contributed by atoms with Crippen LogP contribution in [-0.2, 0) is 0 Å². The lowest BCUT2D eigenvalue weighted by Crippen LogP contribution is -1.88. The molecule has 0 unspecified atom stereocenters. The first-order valence-electron chi connectivity index (χ1n) is 3.88. The van der Waals surface area contributed by atoms with E-state index >= 15 is 0 Å². The number of nitro groups is 1. The Morgan fingerprint density at radius 3 is 2.86 bits per heavy atom. The highest BCUT2D eigenvalue weighted by molar-refractivity contribution is 5.83. The maximum Gasteiger partial charge on any atom is 0.270 e. The van der Waals surface area contributed by atoms with E-state index in [0.717, 1.165) is 0 Å². The van der Waals surface area contributed by atoms with Crippen molar-refractivity contribution < 1.29 is 4.92 Å². The molecular weight excluding hydrogens is 182 g/mol. The molecule has 0 aliphatic carbocycles. The van der Waals surface area contributed by atoms with Crippen LogP contribution in [0.3, 0.4) is 0 Å². The van der Waals surface area contributed by atoms with E-state index in [1.54, 1.807) is 18.3 Å². The third-order valence-corrected chi connectivity index (χ3v) is 1.99. The van der Waals surface area contributed by atoms with Gasteiger partial charge in [0.25, 0.3) is 5.69 Å². The maximum absolute atomic E-state index is 10.5. The molecule has 68 valence electrons. The number of nitro benzene ring substituents is 1. The summed E-state index contributed by atoms with van der Waals surface area (Å²) in [7, 11) is 0. The predicted molar refractivity (Wildman–Crippen MR) is 49.6 cm³/mol. The third kappa shape index (κ3) is 1.10. The van der Waals surface area contributed by atoms with Gasteiger partial charge in [-0.25, -0.2) is 0 Å². The molecule has 0 bridgehead atoms. The average molecular weight is 187 g/mol. The molecule has 0 aliphatic heterocycles. The van der Waals surface area contributed by atoms with Gasteiger partial charge in [-0.1, -0.05) is 0 Å². The number of hydrogen-bond donors (Lipinski definition) is 0. The molecule has 0 radical (unpaired) electrons. The first kappa shape index (κ1) is 8.26. The van der Waals surface area contributed by atoms with Gasteiger partial charge in [-0.3, -0.25) is 14.7 Å². The van der Waals surface area contributed by atoms with Crippen molar-refractivity contribution in [3.8, 4) is 6.19 Å². The van der Waals surface area contributed by atoms with Crippen molar-refractivity contribution >= 4 is 16.6 Å². The lowest BCUT2D eigenvalue weighted by molar-refractivity contribution is -0.384. The van der Waals surface area contributed by atoms with Crippen LogP contribution in [0.15, 0.2) is 30.5 Å². The van der Waals surface area contributed by atoms with Gasteiger partial charge in [-0.15, -0.1) is 0 Å². The zero-order valence-electron chi connectivity index (χ0n) is 7.04. The summed E-state index contributed by atoms with van der Waals surface area (Å²) in [5, 5.41) is 19.8. The van der Waals surface area contributed by atoms with Gasteiger partial charge in [0.05, 0.1) is 10.4 Å². The van der Waals surface area contributed by atoms with Crippen LogP contribution >= 0.6 is 0 Å². The summed E-state index contributed by atoms with van der Waals surface area (Å²) in [6.45, 7) is 0. The van der Waals surface area contributed by atoms with Crippen molar-refractivity contribution in [2.75, 3.05) is 0 Å². The Kier molecular flexibility index (Phi) is 1.68. The van der Waals surface area contributed by atoms with Crippen LogP contribution in [0.5, 0.6) is 0 Å². The molecule has 1 aromatic heterocycles. The number of non-ortho nitro benzene ring substituents is 1. The lowest BCUT2D eigenvalue weighted by atomic mass is 10.2. The summed E-state index contributed by atoms with van der Waals surface area (Å²) in [6.07, 6.45) is 3.52. The van der Waals surface area contributed by atoms with Gasteiger partial charge in [0, 0.05) is 23.7 Å². The second kappa shape index (κ2) is 2.85. The summed E-state index contributed by atoms with van der Waals surface area (Å²) in [4.78, 5) is 10.00. The highest BCUT2D eigenvalue weighted by atomic mass is 16.6. The van der Waals surface area contributed by atoms with Gasteiger partial charge in [0.15, 0.2) is 6.19 Å². The Bertz CT molecular complexity index is 551. The molecule has 1 heterocycles. The first-order chi connectivity index (χ1) is 6.72. The number of fused-ring (bicyclic) bond motifs is 1. The van der Waals surface area contributed by atoms with Gasteiger partial charge < -0.3 is 0 Å². The van der Waals surface area contributed by atoms with Gasteiger partial charge in [-0.2, -0.15) is 5.26 Å². The topological polar surface area (TPSA) is 71.9 Å². The van der Waals surface area contributed by atoms with Gasteiger partial charge >= 0.3 is 0 Å². The number of rotatable bonds is 1. The molecule has 0 fully saturated rings. The van der Waals surface area contributed by atoms with E-state index < -0.39 is 4.92 Å². The van der Waals surface area contributed by atoms with Crippen molar-refractivity contribution in [2.24, 2.45) is 0 Å². The minimum Gasteiger partial charge on any atom is -0.258 e. The van der Waals surface area contributed by atoms with Gasteiger partial charge in [-0.05, 0) is 12.1 Å². The number of nitrogens with zero attached hydrogens (tertiary/aromatic N) is 3. The highest BCUT2D eigenvalue weighted by Gasteiger charge is 2.07. The molecule has 5 heteroatoms. The van der Waals surface area contributed by atoms with Crippen LogP contribution in [0.25, 0.3) is 10.9 Å². The first-order valence-corrected chi connectivity index (χ1v) is 3.88. The van der Waals surface area contributed by atoms with Crippen LogP contribution in [0, 0.1) is 21.6 Å². The standard InChI is InChI=1S/C9H5N3O2/c10-6-11-4-3-7-5-8(12(13)14)1-2-9(7)11/h1-5H. The van der Waals surface area contributed by atoms with E-state index in [-0.39, 0.29) is 5.69 Å². The van der Waals surface area contributed by atoms with Crippen molar-refractivity contribution in [1.29, 1.82) is 5.26 Å². The molecule has 1 aromatic carbocycles. The van der Waals surface area contributed by atoms with E-state index in [4.69, 9.17) is 5.26 Å². The smallest absolute Gasteiger partial charge is 0.258 e. The quantitative estimate of drug-likeness (QED) is 0.505. The Morgan fingerprint density at radius 2 is 2.21 bits per heavy atom. The summed E-state index contributed by atoms with van der Waals surface area (Å²) in [5.41, 5.74) is 0.714. The number of nitriles is 1. The maximum atomic E-state index is 10.5. The fourth-order valence-electron chi connectivity index (χ4n) is 1.33. The molecule has 0 spiro atoms. The van der Waals surface area contributed by atoms with Crippen molar-refractivity contribution in [1.82, 2.24) is 4.57 Å². The van der Waals surface area contributed by atoms with Crippen LogP contribution < -0.4 is 0 Å². The van der Waals surface area contributed by atoms with Crippen LogP contribution in [0.4, 0.5) is 5.69 Å². The normalized spacial score (nSPS) is 9.93. The summed E-state index contributed by atoms with van der Waals surface area (Å²) in [5.74, 6) is 0. The summed E-state index contributed by atoms with van der Waals surface area (Å²) < 4.78 is 1.36. The Morgan fingerprint density at radius 1 is 1.43 bits per heavy atom. The monoisotopic (exact) mass is 187 g/mol. The Balaban J connectivity index is 2.70. The Hall–Kier alpha value is -2.35. The second-order valence-electron chi connectivity index (χ2n) is 2.79. The van der Waals surface area contributed by atoms with Crippen molar-refractivity contribution in [3.63, 3.8) is 0 Å². The zero-order valence-corrected chi connectivity index (χ0v) is 7.04. The fourth-order valence-corrected chi connectivity index (χ4v) is 1.33. The number of benzene rings is 1. The highest BCUT2D eigenvalue weighted by Crippen LogP contribution is 2.21. The molecule has 2 rings (SSSR count). The van der Waals surface area contributed by atoms with Gasteiger partial charge in [0.2, 0.25) is 0 Å². The molecule has 0 saturated carbocycles. The van der Waals surface area contributed by atoms with Crippen molar-refractivity contribution in [2.45, 2.75) is 0 Å². The molecule has 0 saturated heterocycles. The van der Waals surface area contributed by atoms with Gasteiger partial charge in [0.1, 0.15) is 0 Å². The predicted octanol–water partition coefficient (Wildman–Crippen LogP) is 1.88. The summed E-state index contributed by atoms with van der Waals surface area (Å²) in [6, 6.07) is 6.07. The molecule has 0 N–H and O–H groups in total. The largest absolute Gasteiger partial charge is 0.270 e. The van der Waals surface area contributed by atoms with Crippen LogP contribution in [0.2, 0.25) is 0 Å². The molecular formula is C9H5N3O2. The molecule has 0 amide bonds. The molecule has 5 nitrogen and oxygen atoms in total. The molecule has 14 heavy (non-hydrogen) atoms. The Labute approximate surface area is 78.9 Å². The average Bonchev–Trinajstić information content (AvgIpc) is 2.59. The SMILES string of the molecule is N#Cn1ccc2cc([N+](=O)[O-])ccc21. The third-order valence-electron chi connectivity index (χ3n) is 1.99. The molecule has 0 atom stereocenters. The number of aromatic nitrogens is 1. The zero-order chi connectivity index (χ0) is 10.1. The van der Waals surface area contributed by atoms with E-state index in [0.29, 0.717) is 10.9 Å². The fraction of sp³-hybridized carbons (Fsp3) is 0. The summed E-state index contributed by atoms with van der Waals surface area (Å²) >= 11 is 0. The second-order valence-corrected chi connectivity index (χ2v) is 2.79. The van der Waals surface area contributed by atoms with E-state index in [1.807, 2.05) is 6.19 Å². The van der Waals surface area contributed by atoms with E-state index in [9.17, 15) is 10.1 Å². The lowest BCUT2D eigenvalue weighted by Gasteiger charge is -1.93. The van der Waals surface area contributed by atoms with E-state index in [1.165, 1.54) is 16.7 Å². The number of hydrogen-bond acceptors (Lipinski definition) is 3. The minimum atomic E-state index is -0.455. The molecule has 2 aromatic rings. The molecule has 0 aliphatic rings. The van der Waals surface area contributed by atoms with Crippen molar-refractivity contribution in [3.05, 3.63) is 40.6 Å². The minimum absolute atomic E-state index is 0.0354. The van der Waals surface area contributed by atoms with E-state index in [2.05, 4.69) is 0 Å². The van der Waals surface area contributed by atoms with Crippen LogP contribution in [-0.4, -0.2) is 9.49 Å².